The molecule has 2 aliphatic heterocycles. The molecule has 0 aromatic heterocycles. The van der Waals surface area contributed by atoms with Gasteiger partial charge in [0.25, 0.3) is 23.2 Å². The number of para-hydroxylation sites is 2. The first-order chi connectivity index (χ1) is 28.4. The van der Waals surface area contributed by atoms with Crippen LogP contribution in [0.15, 0.2) is 72.8 Å². The van der Waals surface area contributed by atoms with Crippen molar-refractivity contribution in [2.45, 2.75) is 44.2 Å². The van der Waals surface area contributed by atoms with Crippen LogP contribution in [-0.4, -0.2) is 87.3 Å². The molecule has 308 valence electrons. The number of rotatable bonds is 16. The van der Waals surface area contributed by atoms with Crippen molar-refractivity contribution in [2.24, 2.45) is 0 Å². The first kappa shape index (κ1) is 41.4. The van der Waals surface area contributed by atoms with Crippen molar-refractivity contribution >= 4 is 46.5 Å². The van der Waals surface area contributed by atoms with Crippen molar-refractivity contribution in [2.75, 3.05) is 51.5 Å². The van der Waals surface area contributed by atoms with Gasteiger partial charge in [0.15, 0.2) is 23.0 Å². The van der Waals surface area contributed by atoms with Gasteiger partial charge in [-0.1, -0.05) is 36.4 Å². The molecular weight excluding hydrogens is 772 g/mol. The van der Waals surface area contributed by atoms with E-state index < -0.39 is 57.1 Å². The number of carbonyl (C=O) groups excluding carboxylic acids is 4. The van der Waals surface area contributed by atoms with Crippen molar-refractivity contribution in [1.29, 1.82) is 0 Å². The average Bonchev–Trinajstić information content (AvgIpc) is 3.84. The van der Waals surface area contributed by atoms with Crippen LogP contribution in [0.2, 0.25) is 0 Å². The number of benzene rings is 4. The Bertz CT molecular complexity index is 2150. The molecule has 0 saturated heterocycles. The zero-order valence-corrected chi connectivity index (χ0v) is 32.5. The molecule has 0 radical (unpaired) electrons. The number of nitro groups is 2. The molecule has 2 amide bonds. The molecule has 0 spiro atoms. The van der Waals surface area contributed by atoms with Gasteiger partial charge in [-0.15, -0.1) is 0 Å². The summed E-state index contributed by atoms with van der Waals surface area (Å²) in [5, 5.41) is 24.5. The minimum atomic E-state index is -1.02. The van der Waals surface area contributed by atoms with E-state index in [4.69, 9.17) is 28.4 Å². The Labute approximate surface area is 337 Å². The third-order valence-corrected chi connectivity index (χ3v) is 10.1. The van der Waals surface area contributed by atoms with E-state index in [9.17, 15) is 39.4 Å². The number of hydrogen-bond donors (Lipinski definition) is 0. The van der Waals surface area contributed by atoms with Crippen LogP contribution < -0.4 is 28.7 Å². The summed E-state index contributed by atoms with van der Waals surface area (Å²) in [6.45, 7) is 0.199. The molecular formula is C41H40N4O14. The van der Waals surface area contributed by atoms with Crippen LogP contribution in [0.25, 0.3) is 0 Å². The number of fused-ring (bicyclic) bond motifs is 2. The van der Waals surface area contributed by atoms with Crippen molar-refractivity contribution < 1.29 is 57.4 Å². The van der Waals surface area contributed by atoms with Crippen molar-refractivity contribution in [1.82, 2.24) is 0 Å². The summed E-state index contributed by atoms with van der Waals surface area (Å²) >= 11 is 0. The van der Waals surface area contributed by atoms with Gasteiger partial charge in [-0.05, 0) is 42.5 Å². The normalized spacial score (nSPS) is 15.1. The number of carbonyl (C=O) groups is 4. The number of ether oxygens (including phenoxy) is 6. The number of amides is 2. The molecule has 0 bridgehead atoms. The number of anilines is 2. The Morgan fingerprint density at radius 1 is 0.593 bits per heavy atom. The molecule has 2 atom stereocenters. The fourth-order valence-corrected chi connectivity index (χ4v) is 7.22. The molecule has 4 aromatic rings. The molecule has 18 heteroatoms. The summed E-state index contributed by atoms with van der Waals surface area (Å²) in [5.41, 5.74) is 0.600. The number of hydrogen-bond acceptors (Lipinski definition) is 14. The van der Waals surface area contributed by atoms with E-state index in [1.165, 1.54) is 50.4 Å². The summed E-state index contributed by atoms with van der Waals surface area (Å²) in [5.74, 6) is -2.71. The first-order valence-corrected chi connectivity index (χ1v) is 18.4. The Morgan fingerprint density at radius 2 is 0.983 bits per heavy atom. The Balaban J connectivity index is 1.10. The van der Waals surface area contributed by atoms with Crippen LogP contribution in [0, 0.1) is 20.2 Å². The molecule has 0 aliphatic carbocycles. The van der Waals surface area contributed by atoms with E-state index in [1.807, 2.05) is 0 Å². The van der Waals surface area contributed by atoms with Crippen molar-refractivity contribution in [3.63, 3.8) is 0 Å². The minimum absolute atomic E-state index is 0.0281. The van der Waals surface area contributed by atoms with Gasteiger partial charge in [0.1, 0.15) is 23.2 Å². The van der Waals surface area contributed by atoms with Gasteiger partial charge in [-0.2, -0.15) is 0 Å². The molecule has 4 aromatic carbocycles. The molecule has 0 unspecified atom stereocenters. The van der Waals surface area contributed by atoms with E-state index in [-0.39, 0.29) is 60.2 Å². The molecule has 2 heterocycles. The number of nitrogens with zero attached hydrogens (tertiary/aromatic N) is 4. The minimum Gasteiger partial charge on any atom is -0.493 e. The molecule has 0 saturated carbocycles. The van der Waals surface area contributed by atoms with E-state index in [1.54, 1.807) is 48.5 Å². The second-order valence-electron chi connectivity index (χ2n) is 13.4. The zero-order chi connectivity index (χ0) is 42.4. The Kier molecular flexibility index (Phi) is 12.6. The molecule has 0 N–H and O–H groups in total. The summed E-state index contributed by atoms with van der Waals surface area (Å²) in [4.78, 5) is 78.6. The van der Waals surface area contributed by atoms with Crippen LogP contribution >= 0.6 is 0 Å². The van der Waals surface area contributed by atoms with Gasteiger partial charge >= 0.3 is 11.9 Å². The molecule has 18 nitrogen and oxygen atoms in total. The third-order valence-electron chi connectivity index (χ3n) is 10.1. The maximum atomic E-state index is 13.9. The van der Waals surface area contributed by atoms with Crippen LogP contribution in [0.1, 0.15) is 51.1 Å². The van der Waals surface area contributed by atoms with Gasteiger partial charge < -0.3 is 28.4 Å². The molecule has 6 rings (SSSR count). The zero-order valence-electron chi connectivity index (χ0n) is 32.5. The summed E-state index contributed by atoms with van der Waals surface area (Å²) < 4.78 is 32.5. The molecule has 0 fully saturated rings. The van der Waals surface area contributed by atoms with Crippen LogP contribution in [0.5, 0.6) is 23.0 Å². The predicted octanol–water partition coefficient (Wildman–Crippen LogP) is 5.64. The lowest BCUT2D eigenvalue weighted by atomic mass is 10.1. The Morgan fingerprint density at radius 3 is 1.34 bits per heavy atom. The van der Waals surface area contributed by atoms with Crippen molar-refractivity contribution in [3.8, 4) is 23.0 Å². The maximum Gasteiger partial charge on any atom is 0.329 e. The number of esters is 2. The highest BCUT2D eigenvalue weighted by molar-refractivity contribution is 6.14. The lowest BCUT2D eigenvalue weighted by molar-refractivity contribution is -0.385. The van der Waals surface area contributed by atoms with Gasteiger partial charge in [-0.3, -0.25) is 39.6 Å². The largest absolute Gasteiger partial charge is 0.493 e. The fraction of sp³-hybridized carbons (Fsp3) is 0.317. The standard InChI is InChI=1S/C41H40N4O14/c1-54-34-20-26(38(46)42-28-14-8-6-12-24(28)18-32(42)40(48)56-3)30(44(50)51)22-36(34)58-16-10-5-11-17-59-37-23-31(45(52)53)27(21-35(37)55-2)39(47)43-29-15-9-7-13-25(29)19-33(43)41(49)57-4/h6-9,12-15,20-23,32-33H,5,10-11,16-19H2,1-4H3/t32-,33-/m0/s1. The molecule has 59 heavy (non-hydrogen) atoms. The monoisotopic (exact) mass is 812 g/mol. The van der Waals surface area contributed by atoms with E-state index >= 15 is 0 Å². The number of methoxy groups -OCH3 is 4. The SMILES string of the molecule is COC(=O)[C@@H]1Cc2ccccc2N1C(=O)c1cc(OC)c(OCCCCCOc2cc([N+](=O)[O-])c(C(=O)N3c4ccccc4C[C@H]3C(=O)OC)cc2OC)cc1[N+](=O)[O-]. The highest BCUT2D eigenvalue weighted by Crippen LogP contribution is 2.41. The van der Waals surface area contributed by atoms with Crippen LogP contribution in [0.3, 0.4) is 0 Å². The summed E-state index contributed by atoms with van der Waals surface area (Å²) in [6, 6.07) is 16.4. The van der Waals surface area contributed by atoms with Gasteiger partial charge in [0, 0.05) is 36.3 Å². The lowest BCUT2D eigenvalue weighted by Crippen LogP contribution is -2.43. The van der Waals surface area contributed by atoms with Gasteiger partial charge in [-0.25, -0.2) is 9.59 Å². The lowest BCUT2D eigenvalue weighted by Gasteiger charge is -2.24. The second kappa shape index (κ2) is 17.9. The summed E-state index contributed by atoms with van der Waals surface area (Å²) in [7, 11) is 5.06. The maximum absolute atomic E-state index is 13.9. The Hall–Kier alpha value is -7.24. The van der Waals surface area contributed by atoms with Crippen molar-refractivity contribution in [3.05, 3.63) is 115 Å². The average molecular weight is 813 g/mol. The van der Waals surface area contributed by atoms with Crippen LogP contribution in [0.4, 0.5) is 22.7 Å². The van der Waals surface area contributed by atoms with E-state index in [0.29, 0.717) is 41.8 Å². The van der Waals surface area contributed by atoms with Gasteiger partial charge in [0.2, 0.25) is 0 Å². The number of nitro benzene ring substituents is 2. The van der Waals surface area contributed by atoms with Gasteiger partial charge in [0.05, 0.1) is 63.6 Å². The van der Waals surface area contributed by atoms with E-state index in [2.05, 4.69) is 0 Å². The highest BCUT2D eigenvalue weighted by atomic mass is 16.6. The summed E-state index contributed by atoms with van der Waals surface area (Å²) in [6.07, 6.45) is 1.81. The number of unbranched alkanes of at least 4 members (excludes halogenated alkanes) is 2. The predicted molar refractivity (Wildman–Crippen MR) is 210 cm³/mol. The highest BCUT2D eigenvalue weighted by Gasteiger charge is 2.43. The smallest absolute Gasteiger partial charge is 0.329 e. The third kappa shape index (κ3) is 8.28. The first-order valence-electron chi connectivity index (χ1n) is 18.4. The second-order valence-corrected chi connectivity index (χ2v) is 13.4. The quantitative estimate of drug-likeness (QED) is 0.0580. The fourth-order valence-electron chi connectivity index (χ4n) is 7.22. The van der Waals surface area contributed by atoms with Crippen LogP contribution in [-0.2, 0) is 31.9 Å². The molecule has 2 aliphatic rings. The van der Waals surface area contributed by atoms with E-state index in [0.717, 1.165) is 12.1 Å². The topological polar surface area (TPSA) is 216 Å².